The fraction of sp³-hybridized carbons (Fsp3) is 0.0476. The molecule has 5 nitrogen and oxygen atoms in total. The molecule has 0 amide bonds. The molecule has 3 aromatic carbocycles. The summed E-state index contributed by atoms with van der Waals surface area (Å²) in [6.45, 7) is 0. The topological polar surface area (TPSA) is 64.2 Å². The number of aromatic nitrogens is 2. The second-order valence-electron chi connectivity index (χ2n) is 5.85. The number of ether oxygens (including phenoxy) is 2. The third-order valence-electron chi connectivity index (χ3n) is 4.09. The quantitative estimate of drug-likeness (QED) is 0.579. The molecule has 0 radical (unpaired) electrons. The summed E-state index contributed by atoms with van der Waals surface area (Å²) in [6, 6.07) is 18.0. The van der Waals surface area contributed by atoms with Crippen molar-refractivity contribution in [3.63, 3.8) is 0 Å². The maximum Gasteiger partial charge on any atom is 0.259 e. The van der Waals surface area contributed by atoms with Crippen molar-refractivity contribution in [2.75, 3.05) is 7.11 Å². The van der Waals surface area contributed by atoms with Crippen LogP contribution in [0.5, 0.6) is 17.2 Å². The molecule has 134 valence electrons. The lowest BCUT2D eigenvalue weighted by molar-refractivity contribution is 0.379. The normalized spacial score (nSPS) is 10.7. The van der Waals surface area contributed by atoms with Crippen LogP contribution in [-0.2, 0) is 0 Å². The molecule has 0 fully saturated rings. The Kier molecular flexibility index (Phi) is 4.30. The minimum absolute atomic E-state index is 0.215. The average molecular weight is 362 g/mol. The number of benzene rings is 3. The number of para-hydroxylation sites is 1. The number of aromatic amines is 1. The molecule has 1 heterocycles. The molecule has 0 bridgehead atoms. The Labute approximate surface area is 154 Å². The van der Waals surface area contributed by atoms with Crippen molar-refractivity contribution in [3.8, 4) is 28.6 Å². The van der Waals surface area contributed by atoms with E-state index in [1.54, 1.807) is 36.4 Å². The first-order chi connectivity index (χ1) is 13.1. The minimum Gasteiger partial charge on any atom is -0.493 e. The Morgan fingerprint density at radius 2 is 1.74 bits per heavy atom. The van der Waals surface area contributed by atoms with Crippen LogP contribution < -0.4 is 15.0 Å². The van der Waals surface area contributed by atoms with Crippen LogP contribution in [0.4, 0.5) is 4.39 Å². The predicted molar refractivity (Wildman–Crippen MR) is 101 cm³/mol. The Balaban J connectivity index is 1.78. The summed E-state index contributed by atoms with van der Waals surface area (Å²) >= 11 is 0. The van der Waals surface area contributed by atoms with Gasteiger partial charge < -0.3 is 14.5 Å². The van der Waals surface area contributed by atoms with Crippen molar-refractivity contribution >= 4 is 10.9 Å². The maximum absolute atomic E-state index is 13.1. The van der Waals surface area contributed by atoms with Crippen molar-refractivity contribution in [1.82, 2.24) is 9.97 Å². The molecule has 0 aliphatic carbocycles. The molecule has 0 saturated carbocycles. The Bertz CT molecular complexity index is 1170. The van der Waals surface area contributed by atoms with Crippen molar-refractivity contribution in [2.45, 2.75) is 0 Å². The van der Waals surface area contributed by atoms with Gasteiger partial charge in [0.25, 0.3) is 5.56 Å². The van der Waals surface area contributed by atoms with E-state index in [1.807, 2.05) is 6.07 Å². The van der Waals surface area contributed by atoms with E-state index in [0.717, 1.165) is 0 Å². The highest BCUT2D eigenvalue weighted by Crippen LogP contribution is 2.34. The van der Waals surface area contributed by atoms with Gasteiger partial charge in [0, 0.05) is 5.56 Å². The van der Waals surface area contributed by atoms with Gasteiger partial charge in [-0.05, 0) is 54.6 Å². The molecular formula is C21H15FN2O3. The highest BCUT2D eigenvalue weighted by atomic mass is 19.1. The predicted octanol–water partition coefficient (Wildman–Crippen LogP) is 4.53. The van der Waals surface area contributed by atoms with E-state index in [9.17, 15) is 9.18 Å². The van der Waals surface area contributed by atoms with Gasteiger partial charge in [-0.3, -0.25) is 4.79 Å². The van der Waals surface area contributed by atoms with Crippen LogP contribution in [0.15, 0.2) is 71.5 Å². The first-order valence-electron chi connectivity index (χ1n) is 8.25. The van der Waals surface area contributed by atoms with Crippen molar-refractivity contribution in [2.24, 2.45) is 0 Å². The van der Waals surface area contributed by atoms with Crippen LogP contribution >= 0.6 is 0 Å². The van der Waals surface area contributed by atoms with Gasteiger partial charge in [-0.2, -0.15) is 0 Å². The van der Waals surface area contributed by atoms with E-state index in [1.165, 1.54) is 31.4 Å². The number of hydrogen-bond donors (Lipinski definition) is 1. The molecule has 0 unspecified atom stereocenters. The molecule has 0 aliphatic rings. The Morgan fingerprint density at radius 1 is 0.963 bits per heavy atom. The number of H-pyrrole nitrogens is 1. The highest BCUT2D eigenvalue weighted by molar-refractivity contribution is 5.79. The van der Waals surface area contributed by atoms with E-state index in [0.29, 0.717) is 39.5 Å². The van der Waals surface area contributed by atoms with Gasteiger partial charge in [0.1, 0.15) is 17.4 Å². The average Bonchev–Trinajstić information content (AvgIpc) is 2.69. The monoisotopic (exact) mass is 362 g/mol. The van der Waals surface area contributed by atoms with E-state index >= 15 is 0 Å². The second kappa shape index (κ2) is 6.92. The molecule has 27 heavy (non-hydrogen) atoms. The van der Waals surface area contributed by atoms with Gasteiger partial charge in [0.2, 0.25) is 0 Å². The molecule has 4 aromatic rings. The van der Waals surface area contributed by atoms with Gasteiger partial charge in [-0.25, -0.2) is 9.37 Å². The molecular weight excluding hydrogens is 347 g/mol. The van der Waals surface area contributed by atoms with Gasteiger partial charge in [-0.15, -0.1) is 0 Å². The second-order valence-corrected chi connectivity index (χ2v) is 5.85. The zero-order chi connectivity index (χ0) is 18.8. The summed E-state index contributed by atoms with van der Waals surface area (Å²) in [5.41, 5.74) is 1.05. The third kappa shape index (κ3) is 3.37. The van der Waals surface area contributed by atoms with Crippen molar-refractivity contribution in [3.05, 3.63) is 82.9 Å². The van der Waals surface area contributed by atoms with E-state index in [4.69, 9.17) is 9.47 Å². The number of hydrogen-bond acceptors (Lipinski definition) is 4. The SMILES string of the molecule is COc1ccc(-c2nc3ccccc3c(=O)[nH]2)cc1Oc1ccc(F)cc1. The summed E-state index contributed by atoms with van der Waals surface area (Å²) in [5, 5.41) is 0.526. The van der Waals surface area contributed by atoms with Crippen LogP contribution in [-0.4, -0.2) is 17.1 Å². The van der Waals surface area contributed by atoms with Crippen LogP contribution in [0.1, 0.15) is 0 Å². The van der Waals surface area contributed by atoms with Crippen molar-refractivity contribution < 1.29 is 13.9 Å². The van der Waals surface area contributed by atoms with Gasteiger partial charge in [0.15, 0.2) is 11.5 Å². The smallest absolute Gasteiger partial charge is 0.259 e. The molecule has 1 N–H and O–H groups in total. The fourth-order valence-corrected chi connectivity index (χ4v) is 2.76. The first kappa shape index (κ1) is 16.8. The number of methoxy groups -OCH3 is 1. The van der Waals surface area contributed by atoms with E-state index < -0.39 is 0 Å². The first-order valence-corrected chi connectivity index (χ1v) is 8.25. The zero-order valence-electron chi connectivity index (χ0n) is 14.4. The molecule has 0 spiro atoms. The third-order valence-corrected chi connectivity index (χ3v) is 4.09. The summed E-state index contributed by atoms with van der Waals surface area (Å²) in [4.78, 5) is 19.6. The van der Waals surface area contributed by atoms with E-state index in [-0.39, 0.29) is 11.4 Å². The van der Waals surface area contributed by atoms with Gasteiger partial charge in [0.05, 0.1) is 18.0 Å². The largest absolute Gasteiger partial charge is 0.493 e. The number of nitrogens with one attached hydrogen (secondary N) is 1. The molecule has 0 saturated heterocycles. The Hall–Kier alpha value is -3.67. The van der Waals surface area contributed by atoms with Gasteiger partial charge >= 0.3 is 0 Å². The highest BCUT2D eigenvalue weighted by Gasteiger charge is 2.11. The minimum atomic E-state index is -0.346. The number of nitrogens with zero attached hydrogens (tertiary/aromatic N) is 1. The molecule has 0 atom stereocenters. The summed E-state index contributed by atoms with van der Waals surface area (Å²) in [7, 11) is 1.53. The standard InChI is InChI=1S/C21H15FN2O3/c1-26-18-11-6-13(12-19(18)27-15-9-7-14(22)8-10-15)20-23-17-5-3-2-4-16(17)21(25)24-20/h2-12H,1H3,(H,23,24,25). The lowest BCUT2D eigenvalue weighted by Crippen LogP contribution is -2.09. The Morgan fingerprint density at radius 3 is 2.52 bits per heavy atom. The van der Waals surface area contributed by atoms with Crippen LogP contribution in [0.25, 0.3) is 22.3 Å². The van der Waals surface area contributed by atoms with Gasteiger partial charge in [-0.1, -0.05) is 12.1 Å². The lowest BCUT2D eigenvalue weighted by atomic mass is 10.1. The van der Waals surface area contributed by atoms with Crippen LogP contribution in [0, 0.1) is 5.82 Å². The van der Waals surface area contributed by atoms with Crippen LogP contribution in [0.3, 0.4) is 0 Å². The summed E-state index contributed by atoms with van der Waals surface area (Å²) in [6.07, 6.45) is 0. The van der Waals surface area contributed by atoms with Crippen molar-refractivity contribution in [1.29, 1.82) is 0 Å². The molecule has 6 heteroatoms. The lowest BCUT2D eigenvalue weighted by Gasteiger charge is -2.12. The fourth-order valence-electron chi connectivity index (χ4n) is 2.76. The van der Waals surface area contributed by atoms with Crippen LogP contribution in [0.2, 0.25) is 0 Å². The maximum atomic E-state index is 13.1. The number of rotatable bonds is 4. The molecule has 1 aromatic heterocycles. The number of halogens is 1. The van der Waals surface area contributed by atoms with E-state index in [2.05, 4.69) is 9.97 Å². The number of fused-ring (bicyclic) bond motifs is 1. The molecule has 0 aliphatic heterocycles. The molecule has 4 rings (SSSR count). The summed E-state index contributed by atoms with van der Waals surface area (Å²) < 4.78 is 24.3. The zero-order valence-corrected chi connectivity index (χ0v) is 14.4. The summed E-state index contributed by atoms with van der Waals surface area (Å²) in [5.74, 6) is 1.47.